The molecule has 0 spiro atoms. The first-order chi connectivity index (χ1) is 23.2. The highest BCUT2D eigenvalue weighted by molar-refractivity contribution is 6.08. The highest BCUT2D eigenvalue weighted by Gasteiger charge is 2.21. The van der Waals surface area contributed by atoms with Crippen LogP contribution in [0.3, 0.4) is 0 Å². The van der Waals surface area contributed by atoms with Crippen molar-refractivity contribution in [2.24, 2.45) is 0 Å². The van der Waals surface area contributed by atoms with Gasteiger partial charge in [-0.15, -0.1) is 0 Å². The number of anilines is 3. The molecular weight excluding hydrogens is 646 g/mol. The molecule has 262 valence electrons. The Bertz CT molecular complexity index is 1680. The zero-order chi connectivity index (χ0) is 36.1. The second-order valence-corrected chi connectivity index (χ2v) is 11.0. The van der Waals surface area contributed by atoms with Crippen LogP contribution in [0.2, 0.25) is 0 Å². The Morgan fingerprint density at radius 2 is 1.08 bits per heavy atom. The van der Waals surface area contributed by atoms with E-state index in [1.165, 1.54) is 61.7 Å². The Hall–Kier alpha value is -5.87. The fraction of sp³-hybridized carbons (Fsp3) is 0.303. The maximum absolute atomic E-state index is 13.3. The molecule has 49 heavy (non-hydrogen) atoms. The van der Waals surface area contributed by atoms with Crippen LogP contribution in [0.15, 0.2) is 54.6 Å². The Morgan fingerprint density at radius 3 is 1.51 bits per heavy atom. The molecule has 3 rings (SSSR count). The van der Waals surface area contributed by atoms with E-state index in [4.69, 9.17) is 24.1 Å². The molecule has 3 amide bonds. The quantitative estimate of drug-likeness (QED) is 0.126. The van der Waals surface area contributed by atoms with E-state index >= 15 is 0 Å². The average molecular weight is 684 g/mol. The number of methoxy groups -OCH3 is 1. The molecule has 0 heterocycles. The number of aliphatic hydroxyl groups excluding tert-OH is 2. The lowest BCUT2D eigenvalue weighted by Gasteiger charge is -2.20. The maximum Gasteiger partial charge on any atom is 0.412 e. The molecule has 0 atom stereocenters. The van der Waals surface area contributed by atoms with E-state index < -0.39 is 42.1 Å². The molecule has 0 saturated heterocycles. The van der Waals surface area contributed by atoms with Crippen molar-refractivity contribution in [3.63, 3.8) is 0 Å². The normalized spacial score (nSPS) is 10.7. The van der Waals surface area contributed by atoms with Gasteiger partial charge in [0, 0.05) is 11.1 Å². The Kier molecular flexibility index (Phi) is 13.3. The van der Waals surface area contributed by atoms with Gasteiger partial charge in [-0.1, -0.05) is 0 Å². The largest absolute Gasteiger partial charge is 0.489 e. The van der Waals surface area contributed by atoms with Crippen LogP contribution in [-0.4, -0.2) is 90.9 Å². The predicted molar refractivity (Wildman–Crippen MR) is 175 cm³/mol. The maximum atomic E-state index is 13.3. The van der Waals surface area contributed by atoms with Crippen LogP contribution in [0.1, 0.15) is 51.8 Å². The predicted octanol–water partition coefficient (Wildman–Crippen LogP) is 3.53. The van der Waals surface area contributed by atoms with Gasteiger partial charge < -0.3 is 49.6 Å². The summed E-state index contributed by atoms with van der Waals surface area (Å²) in [4.78, 5) is 61.9. The van der Waals surface area contributed by atoms with Gasteiger partial charge >= 0.3 is 18.0 Å². The number of hydrogen-bond acceptors (Lipinski definition) is 12. The van der Waals surface area contributed by atoms with Gasteiger partial charge in [-0.25, -0.2) is 14.4 Å². The van der Waals surface area contributed by atoms with E-state index in [0.29, 0.717) is 0 Å². The fourth-order valence-corrected chi connectivity index (χ4v) is 4.02. The molecule has 3 aromatic carbocycles. The minimum absolute atomic E-state index is 0.0263. The van der Waals surface area contributed by atoms with Gasteiger partial charge in [0.05, 0.1) is 42.9 Å². The van der Waals surface area contributed by atoms with Crippen LogP contribution < -0.4 is 30.2 Å². The van der Waals surface area contributed by atoms with E-state index in [0.717, 1.165) is 0 Å². The Morgan fingerprint density at radius 1 is 0.653 bits per heavy atom. The highest BCUT2D eigenvalue weighted by atomic mass is 16.6. The van der Waals surface area contributed by atoms with Gasteiger partial charge in [-0.2, -0.15) is 0 Å². The van der Waals surface area contributed by atoms with Crippen LogP contribution in [0.4, 0.5) is 21.9 Å². The molecule has 0 radical (unpaired) electrons. The summed E-state index contributed by atoms with van der Waals surface area (Å²) < 4.78 is 26.3. The summed E-state index contributed by atoms with van der Waals surface area (Å²) in [5.41, 5.74) is -0.181. The highest BCUT2D eigenvalue weighted by Crippen LogP contribution is 2.31. The molecule has 0 bridgehead atoms. The molecule has 16 nitrogen and oxygen atoms in total. The van der Waals surface area contributed by atoms with E-state index in [-0.39, 0.29) is 77.4 Å². The lowest BCUT2D eigenvalue weighted by atomic mass is 10.1. The number of benzene rings is 3. The van der Waals surface area contributed by atoms with E-state index in [1.807, 2.05) is 0 Å². The third kappa shape index (κ3) is 11.4. The minimum Gasteiger partial charge on any atom is -0.489 e. The second-order valence-electron chi connectivity index (χ2n) is 11.0. The van der Waals surface area contributed by atoms with E-state index in [9.17, 15) is 34.2 Å². The van der Waals surface area contributed by atoms with Crippen molar-refractivity contribution in [3.05, 3.63) is 71.3 Å². The van der Waals surface area contributed by atoms with Gasteiger partial charge in [-0.05, 0) is 75.4 Å². The summed E-state index contributed by atoms with van der Waals surface area (Å²) in [7, 11) is 1.17. The minimum atomic E-state index is -1.29. The van der Waals surface area contributed by atoms with Crippen molar-refractivity contribution >= 4 is 46.9 Å². The van der Waals surface area contributed by atoms with Gasteiger partial charge in [0.15, 0.2) is 6.61 Å². The number of esters is 1. The molecule has 3 aromatic rings. The second kappa shape index (κ2) is 17.3. The molecule has 0 saturated carbocycles. The van der Waals surface area contributed by atoms with E-state index in [2.05, 4.69) is 20.7 Å². The lowest BCUT2D eigenvalue weighted by Crippen LogP contribution is -2.27. The number of ether oxygens (including phenoxy) is 5. The number of carboxylic acids is 1. The summed E-state index contributed by atoms with van der Waals surface area (Å²) >= 11 is 0. The standard InChI is InChI=1S/C33H37N3O13/c1-33(2,3)49-32(44)36-24-9-6-20(16-26(24)47-14-12-38)29(41)34-22-8-5-19(15-25(22)46-13-11-37)30(42)35-23-10-7-21(31(43)45-4)17-27(23)48-18-28(39)40/h5-10,15-17,37-38H,11-14,18H2,1-4H3,(H,34,41)(H,35,42)(H,36,44)(H,39,40). The first-order valence-corrected chi connectivity index (χ1v) is 14.7. The van der Waals surface area contributed by atoms with Crippen LogP contribution in [-0.2, 0) is 14.3 Å². The summed E-state index contributed by atoms with van der Waals surface area (Å²) in [5.74, 6) is -3.30. The van der Waals surface area contributed by atoms with Crippen molar-refractivity contribution in [1.29, 1.82) is 0 Å². The monoisotopic (exact) mass is 683 g/mol. The number of carboxylic acid groups (broad SMARTS) is 1. The molecule has 0 aliphatic rings. The van der Waals surface area contributed by atoms with Crippen LogP contribution in [0.25, 0.3) is 0 Å². The Balaban J connectivity index is 1.86. The first-order valence-electron chi connectivity index (χ1n) is 14.7. The van der Waals surface area contributed by atoms with Gasteiger partial charge in [0.1, 0.15) is 36.1 Å². The third-order valence-electron chi connectivity index (χ3n) is 6.07. The van der Waals surface area contributed by atoms with Crippen molar-refractivity contribution in [1.82, 2.24) is 0 Å². The smallest absolute Gasteiger partial charge is 0.412 e. The van der Waals surface area contributed by atoms with E-state index in [1.54, 1.807) is 20.8 Å². The molecule has 16 heteroatoms. The summed E-state index contributed by atoms with van der Waals surface area (Å²) in [5, 5.41) is 35.4. The molecule has 0 unspecified atom stereocenters. The zero-order valence-corrected chi connectivity index (χ0v) is 27.2. The number of hydrogen-bond donors (Lipinski definition) is 6. The number of rotatable bonds is 15. The first kappa shape index (κ1) is 37.6. The number of nitrogens with one attached hydrogen (secondary N) is 3. The van der Waals surface area contributed by atoms with Crippen molar-refractivity contribution in [2.45, 2.75) is 26.4 Å². The molecule has 0 aliphatic carbocycles. The molecule has 0 aromatic heterocycles. The van der Waals surface area contributed by atoms with Crippen LogP contribution in [0, 0.1) is 0 Å². The molecule has 0 aliphatic heterocycles. The number of carbonyl (C=O) groups is 5. The number of aliphatic carboxylic acids is 1. The summed E-state index contributed by atoms with van der Waals surface area (Å²) in [6, 6.07) is 12.2. The molecule has 6 N–H and O–H groups in total. The van der Waals surface area contributed by atoms with Crippen molar-refractivity contribution < 1.29 is 63.0 Å². The van der Waals surface area contributed by atoms with Gasteiger partial charge in [-0.3, -0.25) is 14.9 Å². The van der Waals surface area contributed by atoms with Crippen LogP contribution >= 0.6 is 0 Å². The average Bonchev–Trinajstić information content (AvgIpc) is 3.05. The fourth-order valence-electron chi connectivity index (χ4n) is 4.02. The number of carbonyl (C=O) groups excluding carboxylic acids is 4. The Labute approximate surface area is 280 Å². The van der Waals surface area contributed by atoms with Crippen molar-refractivity contribution in [2.75, 3.05) is 56.1 Å². The topological polar surface area (TPSA) is 228 Å². The van der Waals surface area contributed by atoms with Crippen LogP contribution in [0.5, 0.6) is 17.2 Å². The summed E-state index contributed by atoms with van der Waals surface area (Å²) in [6.07, 6.45) is -0.754. The molecular formula is C33H37N3O13. The number of amides is 3. The number of aliphatic hydroxyl groups is 2. The summed E-state index contributed by atoms with van der Waals surface area (Å²) in [6.45, 7) is 3.33. The SMILES string of the molecule is COC(=O)c1ccc(NC(=O)c2ccc(NC(=O)c3ccc(NC(=O)OC(C)(C)C)c(OCCO)c3)c(OCCO)c2)c(OCC(=O)O)c1. The molecule has 0 fully saturated rings. The lowest BCUT2D eigenvalue weighted by molar-refractivity contribution is -0.139. The van der Waals surface area contributed by atoms with Crippen molar-refractivity contribution in [3.8, 4) is 17.2 Å². The van der Waals surface area contributed by atoms with Gasteiger partial charge in [0.25, 0.3) is 11.8 Å². The zero-order valence-electron chi connectivity index (χ0n) is 27.2. The van der Waals surface area contributed by atoms with Gasteiger partial charge in [0.2, 0.25) is 0 Å². The third-order valence-corrected chi connectivity index (χ3v) is 6.07.